The first-order valence-corrected chi connectivity index (χ1v) is 9.88. The predicted molar refractivity (Wildman–Crippen MR) is 112 cm³/mol. The third kappa shape index (κ3) is 3.41. The molecule has 4 heterocycles. The van der Waals surface area contributed by atoms with Gasteiger partial charge in [0.25, 0.3) is 5.91 Å². The number of aryl methyl sites for hydroxylation is 1. The molecule has 1 unspecified atom stereocenters. The van der Waals surface area contributed by atoms with Crippen LogP contribution < -0.4 is 10.2 Å². The first kappa shape index (κ1) is 18.4. The molecule has 5 rings (SSSR count). The number of hydrogen-bond donors (Lipinski definition) is 1. The zero-order valence-electron chi connectivity index (χ0n) is 16.5. The molecule has 1 aliphatic heterocycles. The van der Waals surface area contributed by atoms with E-state index in [9.17, 15) is 9.18 Å². The van der Waals surface area contributed by atoms with Gasteiger partial charge in [0.2, 0.25) is 0 Å². The number of rotatable bonds is 4. The molecular weight excluding hydrogens is 383 g/mol. The lowest BCUT2D eigenvalue weighted by Crippen LogP contribution is -2.37. The van der Waals surface area contributed by atoms with Gasteiger partial charge < -0.3 is 14.6 Å². The third-order valence-electron chi connectivity index (χ3n) is 5.35. The SMILES string of the molecule is Cc1cn2cccc2c(N2CCC(NC(=O)c3ccn(-c4ccc(F)cc4)n3)C2)n1. The zero-order valence-corrected chi connectivity index (χ0v) is 16.5. The Morgan fingerprint density at radius 2 is 2.00 bits per heavy atom. The third-order valence-corrected chi connectivity index (χ3v) is 5.35. The molecule has 0 radical (unpaired) electrons. The second-order valence-corrected chi connectivity index (χ2v) is 7.53. The van der Waals surface area contributed by atoms with Gasteiger partial charge in [0, 0.05) is 37.7 Å². The van der Waals surface area contributed by atoms with Gasteiger partial charge in [-0.2, -0.15) is 5.10 Å². The highest BCUT2D eigenvalue weighted by Crippen LogP contribution is 2.24. The number of hydrogen-bond acceptors (Lipinski definition) is 4. The number of nitrogens with zero attached hydrogens (tertiary/aromatic N) is 5. The molecule has 0 saturated carbocycles. The van der Waals surface area contributed by atoms with Gasteiger partial charge in [-0.1, -0.05) is 0 Å². The van der Waals surface area contributed by atoms with Crippen LogP contribution in [0.15, 0.2) is 61.1 Å². The average molecular weight is 404 g/mol. The summed E-state index contributed by atoms with van der Waals surface area (Å²) in [6.07, 6.45) is 6.56. The Hall–Kier alpha value is -3.68. The number of carbonyl (C=O) groups is 1. The predicted octanol–water partition coefficient (Wildman–Crippen LogP) is 2.98. The minimum absolute atomic E-state index is 0.0193. The highest BCUT2D eigenvalue weighted by atomic mass is 19.1. The highest BCUT2D eigenvalue weighted by molar-refractivity contribution is 5.92. The van der Waals surface area contributed by atoms with Crippen molar-refractivity contribution in [3.8, 4) is 5.69 Å². The number of aromatic nitrogens is 4. The second kappa shape index (κ2) is 7.29. The van der Waals surface area contributed by atoms with Gasteiger partial charge in [-0.3, -0.25) is 4.79 Å². The van der Waals surface area contributed by atoms with Crippen molar-refractivity contribution in [2.24, 2.45) is 0 Å². The lowest BCUT2D eigenvalue weighted by atomic mass is 10.2. The number of nitrogens with one attached hydrogen (secondary N) is 1. The fourth-order valence-electron chi connectivity index (χ4n) is 3.90. The average Bonchev–Trinajstić information content (AvgIpc) is 3.48. The van der Waals surface area contributed by atoms with Gasteiger partial charge in [-0.15, -0.1) is 0 Å². The summed E-state index contributed by atoms with van der Waals surface area (Å²) in [5.41, 5.74) is 3.04. The maximum Gasteiger partial charge on any atom is 0.272 e. The summed E-state index contributed by atoms with van der Waals surface area (Å²) in [5.74, 6) is 0.417. The number of benzene rings is 1. The van der Waals surface area contributed by atoms with E-state index in [-0.39, 0.29) is 17.8 Å². The van der Waals surface area contributed by atoms with Gasteiger partial charge in [-0.05, 0) is 55.8 Å². The van der Waals surface area contributed by atoms with Crippen LogP contribution in [0.1, 0.15) is 22.6 Å². The van der Waals surface area contributed by atoms with E-state index in [2.05, 4.69) is 25.8 Å². The van der Waals surface area contributed by atoms with Crippen LogP contribution in [0.2, 0.25) is 0 Å². The minimum atomic E-state index is -0.310. The molecule has 3 aromatic heterocycles. The lowest BCUT2D eigenvalue weighted by molar-refractivity contribution is 0.0935. The Bertz CT molecular complexity index is 1210. The van der Waals surface area contributed by atoms with Crippen molar-refractivity contribution in [2.75, 3.05) is 18.0 Å². The van der Waals surface area contributed by atoms with Crippen molar-refractivity contribution >= 4 is 17.2 Å². The molecule has 1 amide bonds. The first-order chi connectivity index (χ1) is 14.6. The van der Waals surface area contributed by atoms with E-state index in [1.54, 1.807) is 29.1 Å². The van der Waals surface area contributed by atoms with Crippen LogP contribution in [0.4, 0.5) is 10.2 Å². The Balaban J connectivity index is 1.27. The lowest BCUT2D eigenvalue weighted by Gasteiger charge is -2.19. The van der Waals surface area contributed by atoms with Crippen molar-refractivity contribution in [1.29, 1.82) is 0 Å². The molecule has 1 fully saturated rings. The normalized spacial score (nSPS) is 16.3. The van der Waals surface area contributed by atoms with Crippen molar-refractivity contribution in [2.45, 2.75) is 19.4 Å². The van der Waals surface area contributed by atoms with E-state index in [0.29, 0.717) is 17.9 Å². The molecule has 1 aromatic carbocycles. The summed E-state index contributed by atoms with van der Waals surface area (Å²) >= 11 is 0. The molecule has 30 heavy (non-hydrogen) atoms. The van der Waals surface area contributed by atoms with E-state index in [1.807, 2.05) is 25.4 Å². The quantitative estimate of drug-likeness (QED) is 0.568. The highest BCUT2D eigenvalue weighted by Gasteiger charge is 2.27. The summed E-state index contributed by atoms with van der Waals surface area (Å²) in [5, 5.41) is 7.40. The van der Waals surface area contributed by atoms with E-state index in [0.717, 1.165) is 30.0 Å². The number of carbonyl (C=O) groups excluding carboxylic acids is 1. The molecule has 0 spiro atoms. The number of halogens is 1. The van der Waals surface area contributed by atoms with Gasteiger partial charge >= 0.3 is 0 Å². The van der Waals surface area contributed by atoms with Crippen LogP contribution >= 0.6 is 0 Å². The van der Waals surface area contributed by atoms with Crippen molar-refractivity contribution in [3.05, 3.63) is 78.3 Å². The molecule has 0 aliphatic carbocycles. The largest absolute Gasteiger partial charge is 0.353 e. The molecule has 1 N–H and O–H groups in total. The Kier molecular flexibility index (Phi) is 4.46. The van der Waals surface area contributed by atoms with E-state index < -0.39 is 0 Å². The van der Waals surface area contributed by atoms with Gasteiger partial charge in [-0.25, -0.2) is 14.1 Å². The number of amides is 1. The molecule has 4 aromatic rings. The van der Waals surface area contributed by atoms with Crippen molar-refractivity contribution < 1.29 is 9.18 Å². The maximum atomic E-state index is 13.1. The topological polar surface area (TPSA) is 67.5 Å². The Morgan fingerprint density at radius 1 is 1.17 bits per heavy atom. The van der Waals surface area contributed by atoms with Crippen LogP contribution in [-0.4, -0.2) is 44.2 Å². The smallest absolute Gasteiger partial charge is 0.272 e. The molecule has 1 saturated heterocycles. The molecule has 1 atom stereocenters. The molecule has 1 aliphatic rings. The Morgan fingerprint density at radius 3 is 2.83 bits per heavy atom. The van der Waals surface area contributed by atoms with Gasteiger partial charge in [0.05, 0.1) is 16.9 Å². The molecule has 0 bridgehead atoms. The summed E-state index contributed by atoms with van der Waals surface area (Å²) in [6, 6.07) is 11.7. The van der Waals surface area contributed by atoms with Gasteiger partial charge in [0.1, 0.15) is 5.82 Å². The number of anilines is 1. The zero-order chi connectivity index (χ0) is 20.7. The fraction of sp³-hybridized carbons (Fsp3) is 0.227. The van der Waals surface area contributed by atoms with Crippen molar-refractivity contribution in [1.82, 2.24) is 24.5 Å². The molecular formula is C22H21FN6O. The van der Waals surface area contributed by atoms with E-state index in [1.165, 1.54) is 12.1 Å². The monoisotopic (exact) mass is 404 g/mol. The van der Waals surface area contributed by atoms with Crippen molar-refractivity contribution in [3.63, 3.8) is 0 Å². The minimum Gasteiger partial charge on any atom is -0.353 e. The maximum absolute atomic E-state index is 13.1. The molecule has 8 heteroatoms. The van der Waals surface area contributed by atoms with Gasteiger partial charge in [0.15, 0.2) is 11.5 Å². The Labute approximate surface area is 172 Å². The number of fused-ring (bicyclic) bond motifs is 1. The molecule has 7 nitrogen and oxygen atoms in total. The summed E-state index contributed by atoms with van der Waals surface area (Å²) in [7, 11) is 0. The molecule has 152 valence electrons. The summed E-state index contributed by atoms with van der Waals surface area (Å²) in [4.78, 5) is 19.6. The first-order valence-electron chi connectivity index (χ1n) is 9.88. The van der Waals surface area contributed by atoms with E-state index in [4.69, 9.17) is 4.98 Å². The standard InChI is InChI=1S/C22H21FN6O/c1-15-13-27-10-2-3-20(27)21(24-15)28-11-8-17(14-28)25-22(30)19-9-12-29(26-19)18-6-4-16(23)5-7-18/h2-7,9-10,12-13,17H,8,11,14H2,1H3,(H,25,30). The summed E-state index contributed by atoms with van der Waals surface area (Å²) < 4.78 is 16.7. The second-order valence-electron chi connectivity index (χ2n) is 7.53. The van der Waals surface area contributed by atoms with Crippen LogP contribution in [0.3, 0.4) is 0 Å². The van der Waals surface area contributed by atoms with Crippen LogP contribution in [0, 0.1) is 12.7 Å². The van der Waals surface area contributed by atoms with Crippen LogP contribution in [0.25, 0.3) is 11.2 Å². The van der Waals surface area contributed by atoms with Crippen LogP contribution in [0.5, 0.6) is 0 Å². The van der Waals surface area contributed by atoms with E-state index >= 15 is 0 Å². The fourth-order valence-corrected chi connectivity index (χ4v) is 3.90. The van der Waals surface area contributed by atoms with Crippen LogP contribution in [-0.2, 0) is 0 Å². The summed E-state index contributed by atoms with van der Waals surface area (Å²) in [6.45, 7) is 3.50.